The minimum absolute atomic E-state index is 0.290. The Morgan fingerprint density at radius 1 is 0.510 bits per heavy atom. The van der Waals surface area contributed by atoms with Crippen LogP contribution in [0.15, 0.2) is 24.3 Å². The number of carbonyl (C=O) groups excluding carboxylic acids is 14. The summed E-state index contributed by atoms with van der Waals surface area (Å²) in [6.45, 7) is 26.2. The summed E-state index contributed by atoms with van der Waals surface area (Å²) >= 11 is 0. The molecule has 3 aliphatic heterocycles. The fourth-order valence-corrected chi connectivity index (χ4v) is 14.6. The van der Waals surface area contributed by atoms with Crippen LogP contribution in [-0.4, -0.2) is 297 Å². The minimum atomic E-state index is -2.20. The van der Waals surface area contributed by atoms with Crippen LogP contribution in [0.3, 0.4) is 0 Å². The largest absolute Gasteiger partial charge is 0.462 e. The second-order valence-electron chi connectivity index (χ2n) is 30.8. The van der Waals surface area contributed by atoms with Gasteiger partial charge in [-0.2, -0.15) is 0 Å². The summed E-state index contributed by atoms with van der Waals surface area (Å²) in [5.41, 5.74) is -3.19. The number of esters is 2. The first-order chi connectivity index (χ1) is 47.9. The molecule has 0 bridgehead atoms. The maximum Gasteiger partial charge on any atom is 0.304 e. The van der Waals surface area contributed by atoms with Gasteiger partial charge in [0.25, 0.3) is 12.1 Å². The van der Waals surface area contributed by atoms with Gasteiger partial charge >= 0.3 is 11.9 Å². The van der Waals surface area contributed by atoms with Crippen LogP contribution in [0, 0.1) is 41.4 Å². The summed E-state index contributed by atoms with van der Waals surface area (Å²) in [5, 5.41) is 33.4. The molecule has 2 fully saturated rings. The van der Waals surface area contributed by atoms with E-state index in [1.54, 1.807) is 107 Å². The number of rotatable bonds is 13. The van der Waals surface area contributed by atoms with Gasteiger partial charge in [0.05, 0.1) is 18.7 Å². The molecule has 31 heteroatoms. The number of likely N-dealkylation sites (N-methyl/N-ethyl adjacent to an activating group) is 9. The smallest absolute Gasteiger partial charge is 0.304 e. The molecule has 0 aromatic heterocycles. The number of ether oxygens (including phenoxy) is 2. The molecule has 3 heterocycles. The highest BCUT2D eigenvalue weighted by molar-refractivity contribution is 6.00. The second kappa shape index (κ2) is 35.5. The Kier molecular flexibility index (Phi) is 30.0. The number of fused-ring (bicyclic) bond motifs is 5. The summed E-state index contributed by atoms with van der Waals surface area (Å²) < 4.78 is 11.1. The lowest BCUT2D eigenvalue weighted by Crippen LogP contribution is -2.65. The molecular formula is C73H119N13O18. The SMILES string of the molecule is CC[C@@H](C)[C@H]1C(=O)N(C)CC(=O)N2C3Nc4ccccc4[C@]3(O)C[C@H]2C(=O)N(C)[C@H](C(C)C)C(=O)N[C@@H]([C@@H](C)CC)C(=O)N(C)[C@@H](C(C)C)C(=O)N(C)[C@@H](C(C)C)C(=O)N(C)CC(=O)N(C)[C@@H](C(C)(C)O)C(=O)N(C)[C@@H]([C@@H](C)[C@H](C)OC(C)=O)C(=O)N(C)[C@@H](OC(C)=O)C(=O)N[C@@H](C(C)C)C(=O)N1C. The summed E-state index contributed by atoms with van der Waals surface area (Å²) in [7, 11) is 11.5. The third-order valence-corrected chi connectivity index (χ3v) is 21.0. The van der Waals surface area contributed by atoms with Crippen molar-refractivity contribution < 1.29 is 86.8 Å². The third-order valence-electron chi connectivity index (χ3n) is 21.0. The Bertz CT molecular complexity index is 3360. The molecule has 12 amide bonds. The van der Waals surface area contributed by atoms with Gasteiger partial charge in [-0.1, -0.05) is 121 Å². The number of hydrogen-bond acceptors (Lipinski definition) is 19. The molecule has 1 aromatic rings. The van der Waals surface area contributed by atoms with Crippen molar-refractivity contribution in [3.63, 3.8) is 0 Å². The molecule has 0 radical (unpaired) electrons. The molecule has 5 N–H and O–H groups in total. The normalized spacial score (nSPS) is 28.1. The van der Waals surface area contributed by atoms with E-state index in [1.165, 1.54) is 93.9 Å². The van der Waals surface area contributed by atoms with Crippen molar-refractivity contribution in [1.82, 2.24) is 59.6 Å². The van der Waals surface area contributed by atoms with Gasteiger partial charge in [0.1, 0.15) is 72.2 Å². The van der Waals surface area contributed by atoms with E-state index < -0.39 is 221 Å². The lowest BCUT2D eigenvalue weighted by atomic mass is 9.90. The van der Waals surface area contributed by atoms with Crippen LogP contribution in [0.1, 0.15) is 149 Å². The van der Waals surface area contributed by atoms with Crippen molar-refractivity contribution in [2.75, 3.05) is 81.8 Å². The van der Waals surface area contributed by atoms with Gasteiger partial charge in [-0.05, 0) is 62.3 Å². The van der Waals surface area contributed by atoms with Crippen molar-refractivity contribution in [2.24, 2.45) is 41.4 Å². The molecule has 1 aromatic carbocycles. The van der Waals surface area contributed by atoms with E-state index >= 15 is 43.2 Å². The number of nitrogens with one attached hydrogen (secondary N) is 3. The van der Waals surface area contributed by atoms with Crippen LogP contribution in [0.2, 0.25) is 0 Å². The number of benzene rings is 1. The molecule has 16 atom stereocenters. The first kappa shape index (κ1) is 87.9. The van der Waals surface area contributed by atoms with Crippen LogP contribution >= 0.6 is 0 Å². The van der Waals surface area contributed by atoms with E-state index in [0.717, 1.165) is 55.2 Å². The van der Waals surface area contributed by atoms with Crippen LogP contribution in [-0.2, 0) is 82.2 Å². The van der Waals surface area contributed by atoms with Gasteiger partial charge in [-0.25, -0.2) is 0 Å². The van der Waals surface area contributed by atoms with E-state index in [2.05, 4.69) is 16.0 Å². The molecule has 584 valence electrons. The predicted octanol–water partition coefficient (Wildman–Crippen LogP) is 1.51. The molecule has 0 spiro atoms. The topological polar surface area (TPSA) is 366 Å². The molecule has 2 saturated heterocycles. The lowest BCUT2D eigenvalue weighted by Gasteiger charge is -2.43. The molecule has 1 unspecified atom stereocenters. The predicted molar refractivity (Wildman–Crippen MR) is 385 cm³/mol. The number of carbonyl (C=O) groups is 14. The number of anilines is 1. The van der Waals surface area contributed by atoms with E-state index in [1.807, 2.05) is 0 Å². The van der Waals surface area contributed by atoms with Gasteiger partial charge in [0.15, 0.2) is 0 Å². The maximum absolute atomic E-state index is 15.5. The Morgan fingerprint density at radius 2 is 0.952 bits per heavy atom. The number of para-hydroxylation sites is 1. The van der Waals surface area contributed by atoms with Crippen molar-refractivity contribution >= 4 is 88.5 Å². The van der Waals surface area contributed by atoms with E-state index in [4.69, 9.17) is 9.47 Å². The Balaban J connectivity index is 2.03. The molecule has 3 aliphatic rings. The first-order valence-electron chi connectivity index (χ1n) is 35.9. The van der Waals surface area contributed by atoms with Crippen molar-refractivity contribution in [2.45, 2.75) is 228 Å². The van der Waals surface area contributed by atoms with Crippen molar-refractivity contribution in [1.29, 1.82) is 0 Å². The molecule has 4 rings (SSSR count). The van der Waals surface area contributed by atoms with Gasteiger partial charge in [-0.3, -0.25) is 67.1 Å². The van der Waals surface area contributed by atoms with E-state index in [0.29, 0.717) is 29.0 Å². The first-order valence-corrected chi connectivity index (χ1v) is 35.9. The highest BCUT2D eigenvalue weighted by atomic mass is 16.6. The van der Waals surface area contributed by atoms with Crippen LogP contribution in [0.25, 0.3) is 0 Å². The van der Waals surface area contributed by atoms with Crippen molar-refractivity contribution in [3.8, 4) is 0 Å². The Hall–Kier alpha value is -8.48. The quantitative estimate of drug-likeness (QED) is 0.175. The fourth-order valence-electron chi connectivity index (χ4n) is 14.6. The molecule has 104 heavy (non-hydrogen) atoms. The monoisotopic (exact) mass is 1470 g/mol. The van der Waals surface area contributed by atoms with Crippen LogP contribution in [0.4, 0.5) is 5.69 Å². The van der Waals surface area contributed by atoms with E-state index in [-0.39, 0.29) is 6.42 Å². The molecule has 31 nitrogen and oxygen atoms in total. The zero-order valence-electron chi connectivity index (χ0n) is 66.2. The number of nitrogens with zero attached hydrogens (tertiary/aromatic N) is 10. The summed E-state index contributed by atoms with van der Waals surface area (Å²) in [4.78, 5) is 218. The van der Waals surface area contributed by atoms with Gasteiger partial charge in [0, 0.05) is 101 Å². The zero-order valence-corrected chi connectivity index (χ0v) is 66.2. The standard InChI is InChI=1S/C73H119N13O18/c1-28-41(11)53-64(95)81(23)56(40(9)10)67(98)82(24)55(39(7)8)65(96)77(19)35-50(89)79(21)59(72(17,18)101)69(100)84(26)58(43(13)44(14)103-45(15)87)68(99)85(27)70(104-46(16)88)61(92)75-52(37(3)4)63(94)83(25)57(42(12)29-2)66(97)78(20)36-51(90)86-49(62(93)80(22)54(38(5)6)60(91)76-53)34-73(102)47-32-30-31-33-48(47)74-71(73)86/h30-33,37-44,49,52-59,70-71,74,101-102H,28-29,34-36H2,1-27H3,(H,75,92)(H,76,91)/t41-,42+,43-,44-,49-,52-,53-,54+,55-,56-,57-,58-,59+,70-,71?,73+/m0/s1. The highest BCUT2D eigenvalue weighted by Gasteiger charge is 2.61. The molecular weight excluding hydrogens is 1350 g/mol. The summed E-state index contributed by atoms with van der Waals surface area (Å²) in [6, 6.07) is -6.47. The number of aliphatic hydroxyl groups is 2. The minimum Gasteiger partial charge on any atom is -0.462 e. The average molecular weight is 1470 g/mol. The maximum atomic E-state index is 15.5. The summed E-state index contributed by atoms with van der Waals surface area (Å²) in [6.07, 6.45) is -4.41. The molecule has 0 aliphatic carbocycles. The van der Waals surface area contributed by atoms with Crippen molar-refractivity contribution in [3.05, 3.63) is 29.8 Å². The highest BCUT2D eigenvalue weighted by Crippen LogP contribution is 2.50. The lowest BCUT2D eigenvalue weighted by molar-refractivity contribution is -0.175. The summed E-state index contributed by atoms with van der Waals surface area (Å²) in [5.74, 6) is -17.4. The Labute approximate surface area is 613 Å². The van der Waals surface area contributed by atoms with Crippen LogP contribution in [0.5, 0.6) is 0 Å². The van der Waals surface area contributed by atoms with Crippen LogP contribution < -0.4 is 16.0 Å². The van der Waals surface area contributed by atoms with Gasteiger partial charge in [-0.15, -0.1) is 0 Å². The van der Waals surface area contributed by atoms with Gasteiger partial charge < -0.3 is 84.6 Å². The van der Waals surface area contributed by atoms with Gasteiger partial charge in [0.2, 0.25) is 65.0 Å². The number of amides is 12. The fraction of sp³-hybridized carbons (Fsp3) is 0.726. The third kappa shape index (κ3) is 19.0. The molecule has 0 saturated carbocycles. The van der Waals surface area contributed by atoms with E-state index in [9.17, 15) is 34.2 Å². The zero-order chi connectivity index (χ0) is 79.9. The number of hydrogen-bond donors (Lipinski definition) is 5. The average Bonchev–Trinajstić information content (AvgIpc) is 1.55. The second-order valence-corrected chi connectivity index (χ2v) is 30.8. The Morgan fingerprint density at radius 3 is 1.44 bits per heavy atom.